The number of aliphatic hydroxyl groups excluding tert-OH is 2. The number of oxime groups is 1. The van der Waals surface area contributed by atoms with Crippen molar-refractivity contribution in [3.8, 4) is 0 Å². The normalized spacial score (nSPS) is 36.8. The molecule has 46 valence electrons. The molecule has 1 heterocycles. The Labute approximate surface area is 46.4 Å². The van der Waals surface area contributed by atoms with Crippen LogP contribution in [0.3, 0.4) is 0 Å². The van der Waals surface area contributed by atoms with Crippen molar-refractivity contribution in [1.29, 1.82) is 0 Å². The van der Waals surface area contributed by atoms with Gasteiger partial charge in [-0.05, 0) is 0 Å². The zero-order valence-corrected chi connectivity index (χ0v) is 4.19. The van der Waals surface area contributed by atoms with E-state index in [1.54, 1.807) is 0 Å². The molecule has 0 aromatic carbocycles. The second-order valence-electron chi connectivity index (χ2n) is 1.61. The average Bonchev–Trinajstić information content (AvgIpc) is 1.77. The van der Waals surface area contributed by atoms with Crippen molar-refractivity contribution in [2.75, 3.05) is 6.61 Å². The Kier molecular flexibility index (Phi) is 1.45. The van der Waals surface area contributed by atoms with E-state index in [1.807, 2.05) is 0 Å². The molecule has 0 spiro atoms. The summed E-state index contributed by atoms with van der Waals surface area (Å²) in [4.78, 5) is 4.41. The lowest BCUT2D eigenvalue weighted by atomic mass is 10.2. The van der Waals surface area contributed by atoms with Gasteiger partial charge in [0, 0.05) is 0 Å². The van der Waals surface area contributed by atoms with Gasteiger partial charge in [0.05, 0.1) is 6.21 Å². The van der Waals surface area contributed by atoms with Gasteiger partial charge in [-0.1, -0.05) is 5.16 Å². The van der Waals surface area contributed by atoms with Crippen LogP contribution in [0.25, 0.3) is 0 Å². The highest BCUT2D eigenvalue weighted by atomic mass is 16.6. The Morgan fingerprint density at radius 3 is 2.75 bits per heavy atom. The summed E-state index contributed by atoms with van der Waals surface area (Å²) in [6.45, 7) is 0.0810. The molecule has 1 aliphatic rings. The third kappa shape index (κ3) is 0.962. The molecular formula is C4H7NO3. The zero-order valence-electron chi connectivity index (χ0n) is 4.19. The molecule has 4 nitrogen and oxygen atoms in total. The van der Waals surface area contributed by atoms with Crippen LogP contribution in [0.4, 0.5) is 0 Å². The smallest absolute Gasteiger partial charge is 0.145 e. The molecule has 0 aromatic heterocycles. The van der Waals surface area contributed by atoms with E-state index in [9.17, 15) is 0 Å². The molecule has 0 aromatic rings. The van der Waals surface area contributed by atoms with Crippen molar-refractivity contribution in [2.24, 2.45) is 5.16 Å². The maximum Gasteiger partial charge on any atom is 0.145 e. The minimum absolute atomic E-state index is 0.0810. The number of hydrogen-bond acceptors (Lipinski definition) is 4. The van der Waals surface area contributed by atoms with Gasteiger partial charge in [-0.15, -0.1) is 0 Å². The summed E-state index contributed by atoms with van der Waals surface area (Å²) in [5, 5.41) is 20.7. The summed E-state index contributed by atoms with van der Waals surface area (Å²) in [5.41, 5.74) is 0. The Morgan fingerprint density at radius 1 is 1.62 bits per heavy atom. The molecule has 1 aliphatic heterocycles. The van der Waals surface area contributed by atoms with Gasteiger partial charge in [0.2, 0.25) is 0 Å². The van der Waals surface area contributed by atoms with Crippen LogP contribution in [0.5, 0.6) is 0 Å². The minimum Gasteiger partial charge on any atom is -0.393 e. The largest absolute Gasteiger partial charge is 0.393 e. The second kappa shape index (κ2) is 2.11. The van der Waals surface area contributed by atoms with E-state index in [-0.39, 0.29) is 6.61 Å². The van der Waals surface area contributed by atoms with Gasteiger partial charge in [-0.3, -0.25) is 0 Å². The van der Waals surface area contributed by atoms with Crippen LogP contribution < -0.4 is 0 Å². The van der Waals surface area contributed by atoms with Crippen molar-refractivity contribution in [3.63, 3.8) is 0 Å². The fourth-order valence-electron chi connectivity index (χ4n) is 0.423. The van der Waals surface area contributed by atoms with Gasteiger partial charge in [-0.25, -0.2) is 0 Å². The van der Waals surface area contributed by atoms with Crippen LogP contribution >= 0.6 is 0 Å². The van der Waals surface area contributed by atoms with E-state index >= 15 is 0 Å². The molecular weight excluding hydrogens is 110 g/mol. The highest BCUT2D eigenvalue weighted by Crippen LogP contribution is 1.97. The predicted molar refractivity (Wildman–Crippen MR) is 26.5 cm³/mol. The van der Waals surface area contributed by atoms with Gasteiger partial charge < -0.3 is 15.1 Å². The Morgan fingerprint density at radius 2 is 2.38 bits per heavy atom. The fraction of sp³-hybridized carbons (Fsp3) is 0.750. The first-order valence-electron chi connectivity index (χ1n) is 2.32. The van der Waals surface area contributed by atoms with Crippen molar-refractivity contribution in [2.45, 2.75) is 12.2 Å². The maximum absolute atomic E-state index is 8.71. The number of aliphatic hydroxyl groups is 2. The van der Waals surface area contributed by atoms with Gasteiger partial charge in [-0.2, -0.15) is 0 Å². The number of rotatable bonds is 0. The van der Waals surface area contributed by atoms with Crippen molar-refractivity contribution >= 4 is 6.21 Å². The molecule has 0 radical (unpaired) electrons. The van der Waals surface area contributed by atoms with Gasteiger partial charge in [0.1, 0.15) is 18.8 Å². The Bertz CT molecular complexity index is 103. The lowest BCUT2D eigenvalue weighted by Crippen LogP contribution is -2.34. The van der Waals surface area contributed by atoms with Crippen LogP contribution in [-0.4, -0.2) is 35.2 Å². The minimum atomic E-state index is -0.858. The van der Waals surface area contributed by atoms with Crippen molar-refractivity contribution in [1.82, 2.24) is 0 Å². The first-order valence-corrected chi connectivity index (χ1v) is 2.32. The van der Waals surface area contributed by atoms with Crippen LogP contribution in [0, 0.1) is 0 Å². The standard InChI is InChI=1S/C4H7NO3/c6-3-1-5-8-2-4(3)7/h1,3-4,6-7H,2H2. The van der Waals surface area contributed by atoms with E-state index in [0.717, 1.165) is 6.21 Å². The molecule has 0 amide bonds. The lowest BCUT2D eigenvalue weighted by molar-refractivity contribution is -0.0268. The Balaban J connectivity index is 2.47. The number of hydrogen-bond donors (Lipinski definition) is 2. The molecule has 2 atom stereocenters. The topological polar surface area (TPSA) is 62.1 Å². The van der Waals surface area contributed by atoms with Crippen molar-refractivity contribution < 1.29 is 15.1 Å². The molecule has 4 heteroatoms. The maximum atomic E-state index is 8.71. The summed E-state index contributed by atoms with van der Waals surface area (Å²) < 4.78 is 0. The van der Waals surface area contributed by atoms with E-state index < -0.39 is 12.2 Å². The Hall–Kier alpha value is -0.610. The van der Waals surface area contributed by atoms with Crippen LogP contribution in [-0.2, 0) is 4.84 Å². The third-order valence-corrected chi connectivity index (χ3v) is 0.928. The average molecular weight is 117 g/mol. The van der Waals surface area contributed by atoms with Crippen LogP contribution in [0.2, 0.25) is 0 Å². The molecule has 2 N–H and O–H groups in total. The summed E-state index contributed by atoms with van der Waals surface area (Å²) in [7, 11) is 0. The summed E-state index contributed by atoms with van der Waals surface area (Å²) >= 11 is 0. The highest BCUT2D eigenvalue weighted by Gasteiger charge is 2.17. The quantitative estimate of drug-likeness (QED) is 0.415. The monoisotopic (exact) mass is 117 g/mol. The molecule has 0 fully saturated rings. The molecule has 1 rings (SSSR count). The second-order valence-corrected chi connectivity index (χ2v) is 1.61. The summed E-state index contributed by atoms with van der Waals surface area (Å²) in [5.74, 6) is 0. The van der Waals surface area contributed by atoms with Crippen molar-refractivity contribution in [3.05, 3.63) is 0 Å². The highest BCUT2D eigenvalue weighted by molar-refractivity contribution is 5.63. The predicted octanol–water partition coefficient (Wildman–Crippen LogP) is -1.28. The molecule has 0 aliphatic carbocycles. The molecule has 2 unspecified atom stereocenters. The first-order chi connectivity index (χ1) is 3.80. The van der Waals surface area contributed by atoms with Crippen LogP contribution in [0.15, 0.2) is 5.16 Å². The molecule has 8 heavy (non-hydrogen) atoms. The lowest BCUT2D eigenvalue weighted by Gasteiger charge is -2.15. The van der Waals surface area contributed by atoms with Gasteiger partial charge in [0.25, 0.3) is 0 Å². The zero-order chi connectivity index (χ0) is 5.98. The number of nitrogens with zero attached hydrogens (tertiary/aromatic N) is 1. The molecule has 0 bridgehead atoms. The third-order valence-electron chi connectivity index (χ3n) is 0.928. The van der Waals surface area contributed by atoms with Crippen LogP contribution in [0.1, 0.15) is 0 Å². The van der Waals surface area contributed by atoms with E-state index in [2.05, 4.69) is 9.99 Å². The summed E-state index contributed by atoms with van der Waals surface area (Å²) in [6, 6.07) is 0. The summed E-state index contributed by atoms with van der Waals surface area (Å²) in [6.07, 6.45) is -0.509. The first kappa shape index (κ1) is 5.53. The van der Waals surface area contributed by atoms with E-state index in [0.29, 0.717) is 0 Å². The van der Waals surface area contributed by atoms with E-state index in [4.69, 9.17) is 10.2 Å². The van der Waals surface area contributed by atoms with Gasteiger partial charge >= 0.3 is 0 Å². The van der Waals surface area contributed by atoms with Gasteiger partial charge in [0.15, 0.2) is 0 Å². The SMILES string of the molecule is OC1C=NOCC1O. The molecule has 0 saturated carbocycles. The van der Waals surface area contributed by atoms with E-state index in [1.165, 1.54) is 0 Å². The fourth-order valence-corrected chi connectivity index (χ4v) is 0.423. The molecule has 0 saturated heterocycles.